The van der Waals surface area contributed by atoms with Crippen LogP contribution in [0.25, 0.3) is 22.2 Å². The molecule has 0 atom stereocenters. The van der Waals surface area contributed by atoms with Gasteiger partial charge < -0.3 is 15.9 Å². The van der Waals surface area contributed by atoms with Gasteiger partial charge in [0.15, 0.2) is 0 Å². The van der Waals surface area contributed by atoms with Crippen LogP contribution in [0.1, 0.15) is 31.7 Å². The lowest BCUT2D eigenvalue weighted by molar-refractivity contribution is -0.0445. The second kappa shape index (κ2) is 8.39. The van der Waals surface area contributed by atoms with E-state index >= 15 is 0 Å². The van der Waals surface area contributed by atoms with Gasteiger partial charge in [-0.3, -0.25) is 14.6 Å². The first kappa shape index (κ1) is 22.0. The molecule has 1 aliphatic carbocycles. The Labute approximate surface area is 163 Å². The number of nitrogens with one attached hydrogen (secondary N) is 1. The fourth-order valence-electron chi connectivity index (χ4n) is 3.54. The molecular weight excluding hydrogens is 390 g/mol. The molecule has 3 aromatic rings. The van der Waals surface area contributed by atoms with Crippen LogP contribution < -0.4 is 10.7 Å². The number of nitrogens with two attached hydrogens (primary N) is 1. The zero-order valence-electron chi connectivity index (χ0n) is 14.9. The van der Waals surface area contributed by atoms with Crippen LogP contribution in [0.5, 0.6) is 0 Å². The summed E-state index contributed by atoms with van der Waals surface area (Å²) in [7, 11) is 0. The van der Waals surface area contributed by atoms with Gasteiger partial charge >= 0.3 is 0 Å². The minimum Gasteiger partial charge on any atom is -0.412 e. The molecular formula is C18H22F2N4O3S. The second-order valence-electron chi connectivity index (χ2n) is 6.59. The van der Waals surface area contributed by atoms with E-state index in [1.807, 2.05) is 24.3 Å². The van der Waals surface area contributed by atoms with E-state index in [0.29, 0.717) is 29.4 Å². The van der Waals surface area contributed by atoms with Gasteiger partial charge in [-0.15, -0.1) is 0 Å². The van der Waals surface area contributed by atoms with Crippen molar-refractivity contribution in [2.75, 3.05) is 0 Å². The number of aromatic nitrogens is 3. The van der Waals surface area contributed by atoms with Crippen molar-refractivity contribution < 1.29 is 19.7 Å². The number of halogens is 2. The van der Waals surface area contributed by atoms with Crippen molar-refractivity contribution in [1.82, 2.24) is 14.8 Å². The van der Waals surface area contributed by atoms with Crippen molar-refractivity contribution in [1.29, 1.82) is 0 Å². The number of alkyl halides is 2. The van der Waals surface area contributed by atoms with Crippen LogP contribution in [0.3, 0.4) is 0 Å². The minimum atomic E-state index is -2.60. The summed E-state index contributed by atoms with van der Waals surface area (Å²) < 4.78 is 28.8. The molecule has 0 spiro atoms. The fraction of sp³-hybridized carbons (Fsp3) is 0.333. The van der Waals surface area contributed by atoms with Crippen LogP contribution in [0.2, 0.25) is 0 Å². The quantitative estimate of drug-likeness (QED) is 0.638. The molecule has 152 valence electrons. The van der Waals surface area contributed by atoms with Gasteiger partial charge in [-0.2, -0.15) is 5.10 Å². The van der Waals surface area contributed by atoms with E-state index in [1.54, 1.807) is 16.9 Å². The number of hydrogen-bond donors (Lipinski definition) is 2. The first-order chi connectivity index (χ1) is 12.5. The summed E-state index contributed by atoms with van der Waals surface area (Å²) in [4.78, 5) is 16.0. The van der Waals surface area contributed by atoms with E-state index in [0.717, 1.165) is 22.4 Å². The first-order valence-electron chi connectivity index (χ1n) is 8.43. The van der Waals surface area contributed by atoms with E-state index in [-0.39, 0.29) is 35.4 Å². The predicted molar refractivity (Wildman–Crippen MR) is 106 cm³/mol. The van der Waals surface area contributed by atoms with Crippen LogP contribution in [0, 0.1) is 0 Å². The predicted octanol–water partition coefficient (Wildman–Crippen LogP) is 2.46. The number of hydrogen-bond acceptors (Lipinski definition) is 4. The summed E-state index contributed by atoms with van der Waals surface area (Å²) in [6.07, 6.45) is 1.95. The van der Waals surface area contributed by atoms with Crippen molar-refractivity contribution in [3.8, 4) is 11.3 Å². The number of H-pyrrole nitrogens is 1. The van der Waals surface area contributed by atoms with Crippen molar-refractivity contribution in [2.24, 2.45) is 5.14 Å². The molecule has 0 amide bonds. The lowest BCUT2D eigenvalue weighted by atomic mass is 9.92. The second-order valence-corrected chi connectivity index (χ2v) is 7.30. The van der Waals surface area contributed by atoms with Crippen LogP contribution in [0.4, 0.5) is 8.78 Å². The van der Waals surface area contributed by atoms with Gasteiger partial charge in [0.1, 0.15) is 5.69 Å². The molecule has 28 heavy (non-hydrogen) atoms. The Bertz CT molecular complexity index is 994. The van der Waals surface area contributed by atoms with Crippen LogP contribution in [-0.4, -0.2) is 31.6 Å². The van der Waals surface area contributed by atoms with Crippen molar-refractivity contribution in [2.45, 2.75) is 42.5 Å². The number of aromatic amines is 1. The number of fused-ring (bicyclic) bond motifs is 1. The van der Waals surface area contributed by atoms with Crippen LogP contribution in [-0.2, 0) is 0 Å². The fourth-order valence-corrected chi connectivity index (χ4v) is 3.83. The summed E-state index contributed by atoms with van der Waals surface area (Å²) >= 11 is 1.14. The molecule has 2 aromatic heterocycles. The number of nitrogens with zero attached hydrogens (tertiary/aromatic N) is 2. The third kappa shape index (κ3) is 3.95. The molecule has 1 aromatic carbocycles. The number of rotatable bonds is 3. The average molecular weight is 412 g/mol. The highest BCUT2D eigenvalue weighted by Crippen LogP contribution is 2.40. The lowest BCUT2D eigenvalue weighted by Gasteiger charge is -2.28. The topological polar surface area (TPSA) is 140 Å². The van der Waals surface area contributed by atoms with E-state index in [1.165, 1.54) is 0 Å². The Kier molecular flexibility index (Phi) is 6.60. The minimum absolute atomic E-state index is 0. The SMILES string of the molecule is NSc1ccc(-c2nn(C3CCC(F)(F)CC3)c3cc[nH]c(=O)c23)cc1.O.O. The zero-order valence-corrected chi connectivity index (χ0v) is 15.7. The highest BCUT2D eigenvalue weighted by Gasteiger charge is 2.36. The molecule has 10 heteroatoms. The molecule has 4 rings (SSSR count). The maximum Gasteiger partial charge on any atom is 0.259 e. The molecule has 0 radical (unpaired) electrons. The molecule has 1 saturated carbocycles. The number of pyridine rings is 1. The summed E-state index contributed by atoms with van der Waals surface area (Å²) in [6.45, 7) is 0. The average Bonchev–Trinajstić information content (AvgIpc) is 3.03. The van der Waals surface area contributed by atoms with Gasteiger partial charge in [-0.25, -0.2) is 8.78 Å². The molecule has 0 unspecified atom stereocenters. The van der Waals surface area contributed by atoms with E-state index in [4.69, 9.17) is 5.14 Å². The molecule has 2 heterocycles. The Balaban J connectivity index is 0.00000140. The van der Waals surface area contributed by atoms with Gasteiger partial charge in [0, 0.05) is 29.5 Å². The highest BCUT2D eigenvalue weighted by molar-refractivity contribution is 7.97. The number of benzene rings is 1. The molecule has 1 fully saturated rings. The van der Waals surface area contributed by atoms with Gasteiger partial charge in [0.2, 0.25) is 5.92 Å². The Morgan fingerprint density at radius 2 is 1.79 bits per heavy atom. The van der Waals surface area contributed by atoms with Crippen LogP contribution in [0.15, 0.2) is 46.2 Å². The molecule has 7 N–H and O–H groups in total. The normalized spacial score (nSPS) is 16.4. The summed E-state index contributed by atoms with van der Waals surface area (Å²) in [6, 6.07) is 9.11. The maximum atomic E-state index is 13.5. The third-order valence-corrected chi connectivity index (χ3v) is 5.47. The van der Waals surface area contributed by atoms with Gasteiger partial charge in [0.25, 0.3) is 5.56 Å². The summed E-state index contributed by atoms with van der Waals surface area (Å²) in [5.41, 5.74) is 1.80. The zero-order chi connectivity index (χ0) is 18.3. The van der Waals surface area contributed by atoms with E-state index in [9.17, 15) is 13.6 Å². The monoisotopic (exact) mass is 412 g/mol. The van der Waals surface area contributed by atoms with E-state index in [2.05, 4.69) is 10.1 Å². The summed E-state index contributed by atoms with van der Waals surface area (Å²) in [5.74, 6) is -2.60. The molecule has 0 aliphatic heterocycles. The Morgan fingerprint density at radius 1 is 1.14 bits per heavy atom. The van der Waals surface area contributed by atoms with Gasteiger partial charge in [0.05, 0.1) is 16.9 Å². The maximum absolute atomic E-state index is 13.5. The molecule has 7 nitrogen and oxygen atoms in total. The van der Waals surface area contributed by atoms with Crippen molar-refractivity contribution in [3.05, 3.63) is 46.9 Å². The van der Waals surface area contributed by atoms with Crippen molar-refractivity contribution in [3.63, 3.8) is 0 Å². The molecule has 1 aliphatic rings. The first-order valence-corrected chi connectivity index (χ1v) is 9.31. The highest BCUT2D eigenvalue weighted by atomic mass is 32.2. The van der Waals surface area contributed by atoms with Crippen LogP contribution >= 0.6 is 11.9 Å². The van der Waals surface area contributed by atoms with Crippen molar-refractivity contribution >= 4 is 22.9 Å². The molecule has 0 saturated heterocycles. The van der Waals surface area contributed by atoms with Gasteiger partial charge in [-0.1, -0.05) is 12.1 Å². The molecule has 0 bridgehead atoms. The Morgan fingerprint density at radius 3 is 2.39 bits per heavy atom. The smallest absolute Gasteiger partial charge is 0.259 e. The largest absolute Gasteiger partial charge is 0.412 e. The summed E-state index contributed by atoms with van der Waals surface area (Å²) in [5, 5.41) is 10.7. The van der Waals surface area contributed by atoms with E-state index < -0.39 is 5.92 Å². The lowest BCUT2D eigenvalue weighted by Crippen LogP contribution is -2.26. The third-order valence-electron chi connectivity index (χ3n) is 4.93. The van der Waals surface area contributed by atoms with Gasteiger partial charge in [-0.05, 0) is 43.0 Å². The standard InChI is InChI=1S/C18H18F2N4OS.2H2O/c19-18(20)8-5-12(6-9-18)24-14-7-10-22-17(25)15(14)16(23-24)11-1-3-13(26-21)4-2-11;;/h1-4,7,10,12H,5-6,8-9,21H2,(H,22,25);2*1H2. The Hall–Kier alpha value is -2.27.